The number of hydrogen-bond donors (Lipinski definition) is 1. The smallest absolute Gasteiger partial charge is 0.264 e. The number of hydrogen-bond acceptors (Lipinski definition) is 6. The van der Waals surface area contributed by atoms with E-state index in [1.807, 2.05) is 20.8 Å². The van der Waals surface area contributed by atoms with Gasteiger partial charge in [0.1, 0.15) is 24.1 Å². The van der Waals surface area contributed by atoms with Gasteiger partial charge in [0.2, 0.25) is 11.8 Å². The number of carbonyl (C=O) groups is 2. The van der Waals surface area contributed by atoms with E-state index in [4.69, 9.17) is 21.1 Å². The molecule has 0 aliphatic heterocycles. The Labute approximate surface area is 247 Å². The van der Waals surface area contributed by atoms with E-state index in [-0.39, 0.29) is 28.1 Å². The summed E-state index contributed by atoms with van der Waals surface area (Å²) in [4.78, 5) is 28.6. The Balaban J connectivity index is 2.05. The first-order valence-corrected chi connectivity index (χ1v) is 14.7. The number of carbonyl (C=O) groups excluding carboxylic acids is 2. The number of sulfonamides is 1. The van der Waals surface area contributed by atoms with Gasteiger partial charge in [-0.3, -0.25) is 13.9 Å². The van der Waals surface area contributed by atoms with Crippen molar-refractivity contribution in [1.82, 2.24) is 10.2 Å². The standard InChI is InChI=1S/C30H36ClN3O6S/c1-21(29(36)32-30(2,3)4)33(19-22-12-15-24(39-5)16-13-22)28(35)20-34(23-14-17-27(40-6)26(31)18-23)41(37,38)25-10-8-7-9-11-25/h7-18,21H,19-20H2,1-6H3,(H,32,36)/t21-/m1/s1. The maximum absolute atomic E-state index is 14.0. The average molecular weight is 602 g/mol. The van der Waals surface area contributed by atoms with Gasteiger partial charge < -0.3 is 19.7 Å². The van der Waals surface area contributed by atoms with E-state index >= 15 is 0 Å². The van der Waals surface area contributed by atoms with Gasteiger partial charge in [-0.1, -0.05) is 41.9 Å². The largest absolute Gasteiger partial charge is 0.497 e. The van der Waals surface area contributed by atoms with E-state index in [0.29, 0.717) is 11.5 Å². The van der Waals surface area contributed by atoms with E-state index in [0.717, 1.165) is 9.87 Å². The van der Waals surface area contributed by atoms with Gasteiger partial charge in [-0.2, -0.15) is 0 Å². The number of amides is 2. The number of rotatable bonds is 11. The molecule has 0 bridgehead atoms. The maximum atomic E-state index is 14.0. The molecule has 1 N–H and O–H groups in total. The van der Waals surface area contributed by atoms with Crippen LogP contribution in [0.25, 0.3) is 0 Å². The number of anilines is 1. The van der Waals surface area contributed by atoms with E-state index in [1.54, 1.807) is 56.5 Å². The fourth-order valence-corrected chi connectivity index (χ4v) is 5.72. The normalized spacial score (nSPS) is 12.3. The first-order valence-electron chi connectivity index (χ1n) is 12.9. The fraction of sp³-hybridized carbons (Fsp3) is 0.333. The molecule has 220 valence electrons. The van der Waals surface area contributed by atoms with Crippen molar-refractivity contribution in [2.75, 3.05) is 25.1 Å². The van der Waals surface area contributed by atoms with Gasteiger partial charge in [0.05, 0.1) is 29.8 Å². The number of nitrogens with one attached hydrogen (secondary N) is 1. The number of ether oxygens (including phenoxy) is 2. The highest BCUT2D eigenvalue weighted by Gasteiger charge is 2.33. The molecular weight excluding hydrogens is 566 g/mol. The van der Waals surface area contributed by atoms with Gasteiger partial charge in [0, 0.05) is 12.1 Å². The molecule has 0 aromatic heterocycles. The molecule has 0 saturated carbocycles. The van der Waals surface area contributed by atoms with Crippen molar-refractivity contribution in [3.05, 3.63) is 83.4 Å². The summed E-state index contributed by atoms with van der Waals surface area (Å²) in [6, 6.07) is 18.4. The summed E-state index contributed by atoms with van der Waals surface area (Å²) in [7, 11) is -1.21. The summed E-state index contributed by atoms with van der Waals surface area (Å²) < 4.78 is 39.2. The molecule has 3 aromatic carbocycles. The molecule has 3 aromatic rings. The van der Waals surface area contributed by atoms with Gasteiger partial charge >= 0.3 is 0 Å². The maximum Gasteiger partial charge on any atom is 0.264 e. The Morgan fingerprint density at radius 3 is 2.12 bits per heavy atom. The summed E-state index contributed by atoms with van der Waals surface area (Å²) in [5, 5.41) is 3.08. The van der Waals surface area contributed by atoms with Crippen molar-refractivity contribution in [2.24, 2.45) is 0 Å². The summed E-state index contributed by atoms with van der Waals surface area (Å²) in [6.07, 6.45) is 0. The lowest BCUT2D eigenvalue weighted by Crippen LogP contribution is -2.54. The van der Waals surface area contributed by atoms with Crippen LogP contribution >= 0.6 is 11.6 Å². The summed E-state index contributed by atoms with van der Waals surface area (Å²) in [5.74, 6) is 0.0437. The third-order valence-corrected chi connectivity index (χ3v) is 8.29. The van der Waals surface area contributed by atoms with Gasteiger partial charge in [-0.05, 0) is 75.7 Å². The minimum absolute atomic E-state index is 0.0000287. The van der Waals surface area contributed by atoms with Crippen molar-refractivity contribution in [3.8, 4) is 11.5 Å². The number of benzene rings is 3. The zero-order chi connectivity index (χ0) is 30.4. The second-order valence-electron chi connectivity index (χ2n) is 10.4. The highest BCUT2D eigenvalue weighted by Crippen LogP contribution is 2.32. The van der Waals surface area contributed by atoms with Crippen LogP contribution < -0.4 is 19.1 Å². The first-order chi connectivity index (χ1) is 19.3. The van der Waals surface area contributed by atoms with Crippen molar-refractivity contribution in [3.63, 3.8) is 0 Å². The molecule has 0 unspecified atom stereocenters. The first kappa shape index (κ1) is 31.8. The highest BCUT2D eigenvalue weighted by atomic mass is 35.5. The number of methoxy groups -OCH3 is 2. The number of nitrogens with zero attached hydrogens (tertiary/aromatic N) is 2. The van der Waals surface area contributed by atoms with Crippen molar-refractivity contribution in [2.45, 2.75) is 50.7 Å². The minimum atomic E-state index is -4.21. The van der Waals surface area contributed by atoms with Crippen LogP contribution in [0.1, 0.15) is 33.3 Å². The monoisotopic (exact) mass is 601 g/mol. The molecule has 0 heterocycles. The summed E-state index contributed by atoms with van der Waals surface area (Å²) >= 11 is 6.35. The molecule has 0 aliphatic rings. The Bertz CT molecular complexity index is 1460. The van der Waals surface area contributed by atoms with Gasteiger partial charge in [0.25, 0.3) is 10.0 Å². The highest BCUT2D eigenvalue weighted by molar-refractivity contribution is 7.92. The summed E-state index contributed by atoms with van der Waals surface area (Å²) in [6.45, 7) is 6.62. The molecule has 3 rings (SSSR count). The van der Waals surface area contributed by atoms with E-state index in [9.17, 15) is 18.0 Å². The average Bonchev–Trinajstić information content (AvgIpc) is 2.93. The molecule has 41 heavy (non-hydrogen) atoms. The van der Waals surface area contributed by atoms with Crippen molar-refractivity contribution < 1.29 is 27.5 Å². The molecule has 1 atom stereocenters. The number of halogens is 1. The van der Waals surface area contributed by atoms with Crippen LogP contribution in [0.4, 0.5) is 5.69 Å². The zero-order valence-corrected chi connectivity index (χ0v) is 25.6. The van der Waals surface area contributed by atoms with E-state index < -0.39 is 34.1 Å². The van der Waals surface area contributed by atoms with Gasteiger partial charge in [0.15, 0.2) is 0 Å². The second kappa shape index (κ2) is 13.3. The molecule has 0 spiro atoms. The second-order valence-corrected chi connectivity index (χ2v) is 12.7. The van der Waals surface area contributed by atoms with Crippen LogP contribution in [-0.2, 0) is 26.2 Å². The topological polar surface area (TPSA) is 105 Å². The Morgan fingerprint density at radius 1 is 0.951 bits per heavy atom. The summed E-state index contributed by atoms with van der Waals surface area (Å²) in [5.41, 5.74) is 0.367. The Kier molecular flexibility index (Phi) is 10.3. The third-order valence-electron chi connectivity index (χ3n) is 6.21. The lowest BCUT2D eigenvalue weighted by molar-refractivity contribution is -0.140. The predicted molar refractivity (Wildman–Crippen MR) is 160 cm³/mol. The van der Waals surface area contributed by atoms with Gasteiger partial charge in [-0.15, -0.1) is 0 Å². The lowest BCUT2D eigenvalue weighted by Gasteiger charge is -2.33. The predicted octanol–water partition coefficient (Wildman–Crippen LogP) is 4.88. The molecule has 0 aliphatic carbocycles. The Hall–Kier alpha value is -3.76. The van der Waals surface area contributed by atoms with Crippen LogP contribution in [0, 0.1) is 0 Å². The molecule has 11 heteroatoms. The molecule has 0 radical (unpaired) electrons. The van der Waals surface area contributed by atoms with E-state index in [1.165, 1.54) is 42.3 Å². The molecule has 0 fully saturated rings. The van der Waals surface area contributed by atoms with Crippen LogP contribution in [0.15, 0.2) is 77.7 Å². The van der Waals surface area contributed by atoms with E-state index in [2.05, 4.69) is 5.32 Å². The third kappa shape index (κ3) is 8.14. The van der Waals surface area contributed by atoms with Gasteiger partial charge in [-0.25, -0.2) is 8.42 Å². The van der Waals surface area contributed by atoms with Crippen LogP contribution in [0.5, 0.6) is 11.5 Å². The quantitative estimate of drug-likeness (QED) is 0.336. The molecule has 9 nitrogen and oxygen atoms in total. The van der Waals surface area contributed by atoms with Crippen LogP contribution in [-0.4, -0.2) is 57.5 Å². The fourth-order valence-electron chi connectivity index (χ4n) is 4.04. The molecule has 0 saturated heterocycles. The zero-order valence-electron chi connectivity index (χ0n) is 24.0. The molecular formula is C30H36ClN3O6S. The van der Waals surface area contributed by atoms with Crippen molar-refractivity contribution >= 4 is 39.1 Å². The minimum Gasteiger partial charge on any atom is -0.497 e. The van der Waals surface area contributed by atoms with Crippen LogP contribution in [0.2, 0.25) is 5.02 Å². The van der Waals surface area contributed by atoms with Crippen molar-refractivity contribution in [1.29, 1.82) is 0 Å². The Morgan fingerprint density at radius 2 is 1.59 bits per heavy atom. The lowest BCUT2D eigenvalue weighted by atomic mass is 10.1. The van der Waals surface area contributed by atoms with Crippen LogP contribution in [0.3, 0.4) is 0 Å². The molecule has 2 amide bonds. The SMILES string of the molecule is COc1ccc(CN(C(=O)CN(c2ccc(OC)c(Cl)c2)S(=O)(=O)c2ccccc2)[C@H](C)C(=O)NC(C)(C)C)cc1.